The number of fused-ring (bicyclic) bond motifs is 6. The van der Waals surface area contributed by atoms with Crippen molar-refractivity contribution in [3.8, 4) is 11.8 Å². The van der Waals surface area contributed by atoms with Crippen LogP contribution >= 0.6 is 11.8 Å². The summed E-state index contributed by atoms with van der Waals surface area (Å²) in [5.41, 5.74) is 4.73. The Hall–Kier alpha value is -2.09. The maximum absolute atomic E-state index is 11.2. The Balaban J connectivity index is 1.02. The first-order chi connectivity index (χ1) is 19.0. The average molecular weight is 550 g/mol. The zero-order valence-electron chi connectivity index (χ0n) is 23.1. The summed E-state index contributed by atoms with van der Waals surface area (Å²) in [7, 11) is 0. The third kappa shape index (κ3) is 4.49. The Kier molecular flexibility index (Phi) is 6.88. The molecule has 6 unspecified atom stereocenters. The number of piperazine rings is 1. The number of aliphatic hydroxyl groups excluding tert-OH is 1. The molecule has 1 saturated heterocycles. The number of rotatable bonds is 6. The zero-order valence-corrected chi connectivity index (χ0v) is 24.0. The number of benzene rings is 1. The van der Waals surface area contributed by atoms with E-state index in [4.69, 9.17) is 0 Å². The molecule has 2 aromatic rings. The quantitative estimate of drug-likeness (QED) is 0.446. The second-order valence-electron chi connectivity index (χ2n) is 12.8. The smallest absolute Gasteiger partial charge is 0.197 e. The molecule has 3 aliphatic carbocycles. The van der Waals surface area contributed by atoms with Gasteiger partial charge in [-0.1, -0.05) is 31.0 Å². The van der Waals surface area contributed by atoms with Crippen LogP contribution in [0.5, 0.6) is 11.8 Å². The van der Waals surface area contributed by atoms with E-state index < -0.39 is 0 Å². The number of aliphatic hydroxyl groups is 1. The fourth-order valence-corrected chi connectivity index (χ4v) is 9.65. The van der Waals surface area contributed by atoms with Crippen molar-refractivity contribution in [2.45, 2.75) is 74.0 Å². The van der Waals surface area contributed by atoms with E-state index in [2.05, 4.69) is 47.1 Å². The van der Waals surface area contributed by atoms with Gasteiger partial charge in [0.15, 0.2) is 11.8 Å². The number of hydrogen-bond donors (Lipinski definition) is 3. The first-order valence-electron chi connectivity index (χ1n) is 15.2. The predicted octanol–water partition coefficient (Wildman–Crippen LogP) is 5.44. The Morgan fingerprint density at radius 1 is 0.872 bits per heavy atom. The summed E-state index contributed by atoms with van der Waals surface area (Å²) in [5, 5.41) is 32.8. The third-order valence-electron chi connectivity index (χ3n) is 10.5. The van der Waals surface area contributed by atoms with Crippen LogP contribution in [0.15, 0.2) is 35.2 Å². The SMILES string of the molecule is CC1C=C(N2CCN(CC3CCCCC3Cn3c(O)c4c(c3O)C3CC4CC3CO)CC2)c2ccccc2S1. The molecule has 6 nitrogen and oxygen atoms in total. The molecule has 2 bridgehead atoms. The maximum atomic E-state index is 11.2. The van der Waals surface area contributed by atoms with Crippen molar-refractivity contribution in [2.24, 2.45) is 17.8 Å². The van der Waals surface area contributed by atoms with E-state index in [1.807, 2.05) is 16.3 Å². The average Bonchev–Trinajstić information content (AvgIpc) is 3.61. The molecule has 0 amide bonds. The topological polar surface area (TPSA) is 72.1 Å². The highest BCUT2D eigenvalue weighted by Crippen LogP contribution is 2.62. The number of thioether (sulfide) groups is 1. The van der Waals surface area contributed by atoms with Crippen molar-refractivity contribution >= 4 is 17.5 Å². The Morgan fingerprint density at radius 3 is 2.36 bits per heavy atom. The third-order valence-corrected chi connectivity index (χ3v) is 11.7. The van der Waals surface area contributed by atoms with E-state index in [1.54, 1.807) is 0 Å². The van der Waals surface area contributed by atoms with Gasteiger partial charge in [0, 0.05) is 78.4 Å². The van der Waals surface area contributed by atoms with Gasteiger partial charge in [0.1, 0.15) is 0 Å². The highest BCUT2D eigenvalue weighted by Gasteiger charge is 2.49. The fraction of sp³-hybridized carbons (Fsp3) is 0.625. The van der Waals surface area contributed by atoms with Gasteiger partial charge < -0.3 is 20.2 Å². The molecule has 7 rings (SSSR count). The minimum absolute atomic E-state index is 0.172. The summed E-state index contributed by atoms with van der Waals surface area (Å²) in [4.78, 5) is 6.65. The second-order valence-corrected chi connectivity index (χ2v) is 14.2. The Morgan fingerprint density at radius 2 is 1.59 bits per heavy atom. The molecule has 210 valence electrons. The lowest BCUT2D eigenvalue weighted by atomic mass is 9.78. The molecule has 2 aliphatic heterocycles. The molecule has 1 aromatic heterocycles. The van der Waals surface area contributed by atoms with E-state index in [-0.39, 0.29) is 24.3 Å². The van der Waals surface area contributed by atoms with E-state index in [1.165, 1.54) is 35.4 Å². The van der Waals surface area contributed by atoms with E-state index >= 15 is 0 Å². The van der Waals surface area contributed by atoms with Crippen molar-refractivity contribution in [2.75, 3.05) is 39.3 Å². The molecule has 1 aromatic carbocycles. The number of aromatic hydroxyl groups is 2. The lowest BCUT2D eigenvalue weighted by Crippen LogP contribution is -2.48. The van der Waals surface area contributed by atoms with Crippen LogP contribution < -0.4 is 0 Å². The Bertz CT molecular complexity index is 1250. The summed E-state index contributed by atoms with van der Waals surface area (Å²) < 4.78 is 1.83. The second kappa shape index (κ2) is 10.4. The monoisotopic (exact) mass is 549 g/mol. The van der Waals surface area contributed by atoms with Gasteiger partial charge in [0.05, 0.1) is 0 Å². The molecule has 0 spiro atoms. The molecular formula is C32H43N3O3S. The van der Waals surface area contributed by atoms with E-state index in [9.17, 15) is 15.3 Å². The van der Waals surface area contributed by atoms with Crippen molar-refractivity contribution < 1.29 is 15.3 Å². The zero-order chi connectivity index (χ0) is 26.7. The summed E-state index contributed by atoms with van der Waals surface area (Å²) >= 11 is 1.96. The van der Waals surface area contributed by atoms with Gasteiger partial charge in [-0.2, -0.15) is 0 Å². The van der Waals surface area contributed by atoms with Crippen LogP contribution in [0, 0.1) is 17.8 Å². The van der Waals surface area contributed by atoms with Gasteiger partial charge in [-0.3, -0.25) is 9.47 Å². The highest BCUT2D eigenvalue weighted by molar-refractivity contribution is 8.00. The predicted molar refractivity (Wildman–Crippen MR) is 156 cm³/mol. The molecule has 2 saturated carbocycles. The molecule has 39 heavy (non-hydrogen) atoms. The molecule has 3 fully saturated rings. The van der Waals surface area contributed by atoms with Crippen LogP contribution in [0.2, 0.25) is 0 Å². The summed E-state index contributed by atoms with van der Waals surface area (Å²) in [5.74, 6) is 2.36. The summed E-state index contributed by atoms with van der Waals surface area (Å²) in [6.07, 6.45) is 9.26. The van der Waals surface area contributed by atoms with E-state index in [0.29, 0.717) is 35.4 Å². The van der Waals surface area contributed by atoms with Gasteiger partial charge in [-0.05, 0) is 74.3 Å². The first kappa shape index (κ1) is 25.8. The highest BCUT2D eigenvalue weighted by atomic mass is 32.2. The first-order valence-corrected chi connectivity index (χ1v) is 16.1. The minimum Gasteiger partial charge on any atom is -0.494 e. The van der Waals surface area contributed by atoms with Gasteiger partial charge >= 0.3 is 0 Å². The lowest BCUT2D eigenvalue weighted by molar-refractivity contribution is 0.104. The van der Waals surface area contributed by atoms with Gasteiger partial charge in [0.25, 0.3) is 0 Å². The molecule has 3 N–H and O–H groups in total. The molecule has 6 atom stereocenters. The molecule has 3 heterocycles. The van der Waals surface area contributed by atoms with Gasteiger partial charge in [-0.15, -0.1) is 11.8 Å². The molecule has 0 radical (unpaired) electrons. The largest absolute Gasteiger partial charge is 0.494 e. The standard InChI is InChI=1S/C32H43N3O3S/c1-20-14-27(25-8-4-5-9-28(25)39-20)34-12-10-33(11-13-34)17-21-6-2-3-7-22(21)18-35-31(37)29-23-15-24(19-36)26(16-23)30(29)32(35)38/h4-5,8-9,14,20-24,26,36-38H,2-3,6-7,10-13,15-19H2,1H3. The van der Waals surface area contributed by atoms with Crippen LogP contribution in [0.4, 0.5) is 0 Å². The van der Waals surface area contributed by atoms with Crippen molar-refractivity contribution in [3.05, 3.63) is 47.0 Å². The normalized spacial score (nSPS) is 32.3. The molecule has 7 heteroatoms. The van der Waals surface area contributed by atoms with Crippen molar-refractivity contribution in [1.82, 2.24) is 14.4 Å². The fourth-order valence-electron chi connectivity index (χ4n) is 8.59. The summed E-state index contributed by atoms with van der Waals surface area (Å²) in [6.45, 7) is 8.59. The number of aromatic nitrogens is 1. The number of nitrogens with zero attached hydrogens (tertiary/aromatic N) is 3. The van der Waals surface area contributed by atoms with Crippen molar-refractivity contribution in [3.63, 3.8) is 0 Å². The van der Waals surface area contributed by atoms with Crippen LogP contribution in [0.1, 0.15) is 74.0 Å². The number of hydrogen-bond acceptors (Lipinski definition) is 6. The van der Waals surface area contributed by atoms with Crippen molar-refractivity contribution in [1.29, 1.82) is 0 Å². The Labute approximate surface area is 236 Å². The minimum atomic E-state index is 0.172. The maximum Gasteiger partial charge on any atom is 0.197 e. The summed E-state index contributed by atoms with van der Waals surface area (Å²) in [6, 6.07) is 8.84. The van der Waals surface area contributed by atoms with Crippen LogP contribution in [-0.2, 0) is 6.54 Å². The van der Waals surface area contributed by atoms with E-state index in [0.717, 1.165) is 63.1 Å². The lowest BCUT2D eigenvalue weighted by Gasteiger charge is -2.42. The molecule has 5 aliphatic rings. The van der Waals surface area contributed by atoms with Gasteiger partial charge in [0.2, 0.25) is 0 Å². The van der Waals surface area contributed by atoms with Crippen LogP contribution in [0.25, 0.3) is 5.70 Å². The molecular weight excluding hydrogens is 506 g/mol. The van der Waals surface area contributed by atoms with Gasteiger partial charge in [-0.25, -0.2) is 0 Å². The van der Waals surface area contributed by atoms with Crippen LogP contribution in [-0.4, -0.2) is 74.3 Å². The van der Waals surface area contributed by atoms with Crippen LogP contribution in [0.3, 0.4) is 0 Å².